The van der Waals surface area contributed by atoms with Gasteiger partial charge in [-0.1, -0.05) is 6.07 Å². The quantitative estimate of drug-likeness (QED) is 0.827. The molecule has 2 nitrogen and oxygen atoms in total. The zero-order valence-corrected chi connectivity index (χ0v) is 11.1. The van der Waals surface area contributed by atoms with Crippen LogP contribution in [0.25, 0.3) is 0 Å². The molecule has 17 heavy (non-hydrogen) atoms. The second kappa shape index (κ2) is 4.91. The molecule has 2 aliphatic rings. The van der Waals surface area contributed by atoms with Crippen LogP contribution in [0.1, 0.15) is 30.0 Å². The molecule has 0 spiro atoms. The minimum absolute atomic E-state index is 0.553. The van der Waals surface area contributed by atoms with Gasteiger partial charge in [0.2, 0.25) is 0 Å². The van der Waals surface area contributed by atoms with E-state index in [1.165, 1.54) is 36.1 Å². The van der Waals surface area contributed by atoms with Gasteiger partial charge in [0.15, 0.2) is 0 Å². The topological polar surface area (TPSA) is 21.3 Å². The molecule has 1 aliphatic heterocycles. The minimum Gasteiger partial charge on any atom is -0.497 e. The van der Waals surface area contributed by atoms with E-state index in [0.717, 1.165) is 17.5 Å². The van der Waals surface area contributed by atoms with Crippen molar-refractivity contribution in [2.45, 2.75) is 30.6 Å². The highest BCUT2D eigenvalue weighted by Crippen LogP contribution is 2.39. The van der Waals surface area contributed by atoms with Gasteiger partial charge < -0.3 is 10.1 Å². The summed E-state index contributed by atoms with van der Waals surface area (Å²) in [6, 6.07) is 7.11. The summed E-state index contributed by atoms with van der Waals surface area (Å²) >= 11 is 2.15. The van der Waals surface area contributed by atoms with Crippen molar-refractivity contribution >= 4 is 11.8 Å². The molecule has 3 heteroatoms. The predicted octanol–water partition coefficient (Wildman–Crippen LogP) is 2.78. The van der Waals surface area contributed by atoms with Crippen molar-refractivity contribution in [2.75, 3.05) is 19.4 Å². The summed E-state index contributed by atoms with van der Waals surface area (Å²) in [5.74, 6) is 2.29. The van der Waals surface area contributed by atoms with E-state index in [2.05, 4.69) is 35.3 Å². The van der Waals surface area contributed by atoms with Crippen molar-refractivity contribution in [1.29, 1.82) is 0 Å². The maximum absolute atomic E-state index is 5.32. The molecule has 1 aliphatic carbocycles. The number of fused-ring (bicyclic) bond motifs is 3. The van der Waals surface area contributed by atoms with E-state index in [1.807, 2.05) is 0 Å². The summed E-state index contributed by atoms with van der Waals surface area (Å²) in [6.45, 7) is 1.15. The average Bonchev–Trinajstić information content (AvgIpc) is 2.63. The Labute approximate surface area is 107 Å². The van der Waals surface area contributed by atoms with Crippen LogP contribution >= 0.6 is 11.8 Å². The number of methoxy groups -OCH3 is 1. The van der Waals surface area contributed by atoms with Crippen LogP contribution in [-0.2, 0) is 6.42 Å². The number of thioether (sulfide) groups is 1. The lowest BCUT2D eigenvalue weighted by Crippen LogP contribution is -2.33. The number of hydrogen-bond donors (Lipinski definition) is 1. The van der Waals surface area contributed by atoms with Gasteiger partial charge in [-0.2, -0.15) is 11.8 Å². The molecule has 1 fully saturated rings. The summed E-state index contributed by atoms with van der Waals surface area (Å²) in [4.78, 5) is 0. The number of ether oxygens (including phenoxy) is 1. The second-order valence-corrected chi connectivity index (χ2v) is 6.15. The number of hydrogen-bond acceptors (Lipinski definition) is 3. The molecule has 0 bridgehead atoms. The Morgan fingerprint density at radius 1 is 1.41 bits per heavy atom. The largest absolute Gasteiger partial charge is 0.497 e. The number of benzene rings is 1. The standard InChI is InChI=1S/C14H19NOS/c1-16-11-4-5-12-10(9-11)3-6-13-14(12)15-7-2-8-17-13/h4-5,9,13-15H,2-3,6-8H2,1H3. The number of rotatable bonds is 1. The predicted molar refractivity (Wildman–Crippen MR) is 72.9 cm³/mol. The smallest absolute Gasteiger partial charge is 0.119 e. The Morgan fingerprint density at radius 2 is 2.35 bits per heavy atom. The summed E-state index contributed by atoms with van der Waals surface area (Å²) in [5.41, 5.74) is 2.97. The van der Waals surface area contributed by atoms with Crippen molar-refractivity contribution in [2.24, 2.45) is 0 Å². The molecule has 2 atom stereocenters. The van der Waals surface area contributed by atoms with Crippen LogP contribution in [0.4, 0.5) is 0 Å². The van der Waals surface area contributed by atoms with Crippen LogP contribution in [0.3, 0.4) is 0 Å². The Hall–Kier alpha value is -0.670. The molecular weight excluding hydrogens is 230 g/mol. The molecule has 3 rings (SSSR count). The molecule has 0 amide bonds. The zero-order valence-electron chi connectivity index (χ0n) is 10.2. The third-order valence-electron chi connectivity index (χ3n) is 3.77. The fourth-order valence-corrected chi connectivity index (χ4v) is 4.21. The first kappa shape index (κ1) is 11.4. The van der Waals surface area contributed by atoms with Gasteiger partial charge in [-0.15, -0.1) is 0 Å². The van der Waals surface area contributed by atoms with Gasteiger partial charge in [0, 0.05) is 11.3 Å². The normalized spacial score (nSPS) is 27.8. The van der Waals surface area contributed by atoms with Gasteiger partial charge in [0.1, 0.15) is 5.75 Å². The molecule has 92 valence electrons. The van der Waals surface area contributed by atoms with E-state index in [-0.39, 0.29) is 0 Å². The summed E-state index contributed by atoms with van der Waals surface area (Å²) in [6.07, 6.45) is 3.79. The van der Waals surface area contributed by atoms with Crippen molar-refractivity contribution < 1.29 is 4.74 Å². The Kier molecular flexibility index (Phi) is 3.30. The molecule has 1 aromatic rings. The van der Waals surface area contributed by atoms with Gasteiger partial charge >= 0.3 is 0 Å². The Morgan fingerprint density at radius 3 is 3.24 bits per heavy atom. The summed E-state index contributed by atoms with van der Waals surface area (Å²) < 4.78 is 5.32. The first-order valence-corrected chi connectivity index (χ1v) is 7.45. The number of aryl methyl sites for hydroxylation is 1. The minimum atomic E-state index is 0.553. The van der Waals surface area contributed by atoms with E-state index >= 15 is 0 Å². The highest BCUT2D eigenvalue weighted by atomic mass is 32.2. The van der Waals surface area contributed by atoms with Gasteiger partial charge in [-0.05, 0) is 54.8 Å². The van der Waals surface area contributed by atoms with Crippen molar-refractivity contribution in [3.05, 3.63) is 29.3 Å². The molecule has 1 saturated heterocycles. The molecule has 0 aromatic heterocycles. The van der Waals surface area contributed by atoms with Gasteiger partial charge in [-0.25, -0.2) is 0 Å². The third-order valence-corrected chi connectivity index (χ3v) is 5.23. The maximum atomic E-state index is 5.32. The van der Waals surface area contributed by atoms with Crippen LogP contribution < -0.4 is 10.1 Å². The van der Waals surface area contributed by atoms with E-state index in [4.69, 9.17) is 4.74 Å². The first-order valence-electron chi connectivity index (χ1n) is 6.40. The lowest BCUT2D eigenvalue weighted by molar-refractivity contribution is 0.411. The van der Waals surface area contributed by atoms with Gasteiger partial charge in [-0.3, -0.25) is 0 Å². The fourth-order valence-electron chi connectivity index (χ4n) is 2.88. The number of nitrogens with one attached hydrogen (secondary N) is 1. The SMILES string of the molecule is COc1ccc2c(c1)CCC1SCCCNC21. The third kappa shape index (κ3) is 2.18. The van der Waals surface area contributed by atoms with Crippen LogP contribution in [0, 0.1) is 0 Å². The molecule has 2 unspecified atom stereocenters. The molecule has 0 saturated carbocycles. The van der Waals surface area contributed by atoms with Crippen LogP contribution in [0.5, 0.6) is 5.75 Å². The lowest BCUT2D eigenvalue weighted by Gasteiger charge is -2.32. The van der Waals surface area contributed by atoms with Crippen molar-refractivity contribution in [1.82, 2.24) is 5.32 Å². The molecule has 0 radical (unpaired) electrons. The van der Waals surface area contributed by atoms with Gasteiger partial charge in [0.25, 0.3) is 0 Å². The zero-order chi connectivity index (χ0) is 11.7. The van der Waals surface area contributed by atoms with Crippen LogP contribution in [0.2, 0.25) is 0 Å². The van der Waals surface area contributed by atoms with Crippen molar-refractivity contribution in [3.63, 3.8) is 0 Å². The Balaban J connectivity index is 1.94. The lowest BCUT2D eigenvalue weighted by atomic mass is 9.87. The van der Waals surface area contributed by atoms with Crippen molar-refractivity contribution in [3.8, 4) is 5.75 Å². The molecular formula is C14H19NOS. The first-order chi connectivity index (χ1) is 8.38. The van der Waals surface area contributed by atoms with Crippen LogP contribution in [-0.4, -0.2) is 24.7 Å². The van der Waals surface area contributed by atoms with Gasteiger partial charge in [0.05, 0.1) is 7.11 Å². The van der Waals surface area contributed by atoms with Crippen LogP contribution in [0.15, 0.2) is 18.2 Å². The maximum Gasteiger partial charge on any atom is 0.119 e. The summed E-state index contributed by atoms with van der Waals surface area (Å²) in [7, 11) is 1.74. The molecule has 1 aromatic carbocycles. The fraction of sp³-hybridized carbons (Fsp3) is 0.571. The molecule has 1 heterocycles. The highest BCUT2D eigenvalue weighted by Gasteiger charge is 2.30. The average molecular weight is 249 g/mol. The highest BCUT2D eigenvalue weighted by molar-refractivity contribution is 7.99. The van der Waals surface area contributed by atoms with E-state index in [0.29, 0.717) is 6.04 Å². The Bertz CT molecular complexity index is 407. The second-order valence-electron chi connectivity index (χ2n) is 4.80. The van der Waals surface area contributed by atoms with E-state index < -0.39 is 0 Å². The monoisotopic (exact) mass is 249 g/mol. The summed E-state index contributed by atoms with van der Waals surface area (Å²) in [5, 5.41) is 4.48. The molecule has 1 N–H and O–H groups in total. The van der Waals surface area contributed by atoms with E-state index in [1.54, 1.807) is 7.11 Å². The van der Waals surface area contributed by atoms with E-state index in [9.17, 15) is 0 Å².